The van der Waals surface area contributed by atoms with Crippen molar-refractivity contribution in [3.05, 3.63) is 88.8 Å². The van der Waals surface area contributed by atoms with Gasteiger partial charge < -0.3 is 9.47 Å². The summed E-state index contributed by atoms with van der Waals surface area (Å²) in [5.74, 6) is 1.00. The normalized spacial score (nSPS) is 10.9. The minimum absolute atomic E-state index is 0.00685. The summed E-state index contributed by atoms with van der Waals surface area (Å²) in [5, 5.41) is 15.8. The third kappa shape index (κ3) is 5.92. The van der Waals surface area contributed by atoms with Crippen molar-refractivity contribution < 1.29 is 14.4 Å². The molecular weight excluding hydrogens is 589 g/mol. The van der Waals surface area contributed by atoms with E-state index in [1.165, 1.54) is 19.2 Å². The zero-order valence-electron chi connectivity index (χ0n) is 16.4. The lowest BCUT2D eigenvalue weighted by Gasteiger charge is -2.15. The summed E-state index contributed by atoms with van der Waals surface area (Å²) >= 11 is 19.1. The second-order valence-corrected chi connectivity index (χ2v) is 8.74. The molecule has 0 atom stereocenters. The Morgan fingerprint density at radius 3 is 2.44 bits per heavy atom. The number of nitro benzene ring substituents is 1. The van der Waals surface area contributed by atoms with Crippen LogP contribution in [-0.4, -0.2) is 18.2 Å². The van der Waals surface area contributed by atoms with E-state index in [1.54, 1.807) is 36.5 Å². The molecule has 166 valence electrons. The summed E-state index contributed by atoms with van der Waals surface area (Å²) in [4.78, 5) is 10.3. The fourth-order valence-corrected chi connectivity index (χ4v) is 3.86. The van der Waals surface area contributed by atoms with Crippen LogP contribution in [0.25, 0.3) is 0 Å². The Morgan fingerprint density at radius 1 is 1.09 bits per heavy atom. The molecular formula is C21H15Br2Cl2N3O4. The molecule has 3 aromatic rings. The van der Waals surface area contributed by atoms with Gasteiger partial charge in [-0.3, -0.25) is 15.5 Å². The van der Waals surface area contributed by atoms with Gasteiger partial charge in [-0.25, -0.2) is 0 Å². The molecule has 0 saturated carbocycles. The fourth-order valence-electron chi connectivity index (χ4n) is 2.60. The average Bonchev–Trinajstić information content (AvgIpc) is 2.78. The van der Waals surface area contributed by atoms with Crippen LogP contribution in [0.2, 0.25) is 10.0 Å². The number of nitrogens with zero attached hydrogens (tertiary/aromatic N) is 2. The number of ether oxygens (including phenoxy) is 2. The van der Waals surface area contributed by atoms with Crippen molar-refractivity contribution in [2.45, 2.75) is 6.61 Å². The Balaban J connectivity index is 1.76. The van der Waals surface area contributed by atoms with Crippen molar-refractivity contribution in [1.29, 1.82) is 0 Å². The Kier molecular flexibility index (Phi) is 8.36. The van der Waals surface area contributed by atoms with Crippen molar-refractivity contribution in [1.82, 2.24) is 0 Å². The molecule has 3 rings (SSSR count). The predicted octanol–water partition coefficient (Wildman–Crippen LogP) is 7.46. The van der Waals surface area contributed by atoms with Gasteiger partial charge in [-0.15, -0.1) is 0 Å². The molecule has 3 aromatic carbocycles. The maximum absolute atomic E-state index is 10.7. The number of methoxy groups -OCH3 is 1. The van der Waals surface area contributed by atoms with E-state index in [9.17, 15) is 10.1 Å². The topological polar surface area (TPSA) is 86.0 Å². The van der Waals surface area contributed by atoms with E-state index >= 15 is 0 Å². The monoisotopic (exact) mass is 601 g/mol. The van der Waals surface area contributed by atoms with Crippen molar-refractivity contribution in [2.75, 3.05) is 12.5 Å². The maximum Gasteiger partial charge on any atom is 0.269 e. The predicted molar refractivity (Wildman–Crippen MR) is 134 cm³/mol. The van der Waals surface area contributed by atoms with Crippen LogP contribution in [0.5, 0.6) is 11.5 Å². The third-order valence-electron chi connectivity index (χ3n) is 4.22. The molecule has 0 amide bonds. The number of rotatable bonds is 8. The highest BCUT2D eigenvalue weighted by Gasteiger charge is 2.17. The SMILES string of the molecule is COc1cc(/C=N\Nc2ccc([N+](=O)[O-])cc2)c(Br)c(Br)c1OCc1ccc(Cl)c(Cl)c1. The summed E-state index contributed by atoms with van der Waals surface area (Å²) in [6.07, 6.45) is 1.58. The van der Waals surface area contributed by atoms with Gasteiger partial charge in [-0.1, -0.05) is 29.3 Å². The molecule has 0 radical (unpaired) electrons. The van der Waals surface area contributed by atoms with E-state index < -0.39 is 4.92 Å². The maximum atomic E-state index is 10.7. The first kappa shape index (κ1) is 24.3. The number of benzene rings is 3. The van der Waals surface area contributed by atoms with E-state index in [1.807, 2.05) is 6.07 Å². The highest BCUT2D eigenvalue weighted by molar-refractivity contribution is 9.13. The van der Waals surface area contributed by atoms with Crippen LogP contribution in [0, 0.1) is 10.1 Å². The number of hydrazone groups is 1. The van der Waals surface area contributed by atoms with Crippen LogP contribution in [0.3, 0.4) is 0 Å². The van der Waals surface area contributed by atoms with Crippen LogP contribution in [-0.2, 0) is 6.61 Å². The van der Waals surface area contributed by atoms with Crippen molar-refractivity contribution >= 4 is 72.7 Å². The first-order valence-corrected chi connectivity index (χ1v) is 11.3. The van der Waals surface area contributed by atoms with Gasteiger partial charge in [0, 0.05) is 22.2 Å². The number of hydrogen-bond donors (Lipinski definition) is 1. The molecule has 0 fully saturated rings. The van der Waals surface area contributed by atoms with Crippen molar-refractivity contribution in [2.24, 2.45) is 5.10 Å². The van der Waals surface area contributed by atoms with Gasteiger partial charge in [-0.2, -0.15) is 5.10 Å². The zero-order chi connectivity index (χ0) is 23.3. The lowest BCUT2D eigenvalue weighted by molar-refractivity contribution is -0.384. The number of hydrogen-bond acceptors (Lipinski definition) is 6. The molecule has 7 nitrogen and oxygen atoms in total. The van der Waals surface area contributed by atoms with Crippen molar-refractivity contribution in [3.63, 3.8) is 0 Å². The molecule has 0 saturated heterocycles. The summed E-state index contributed by atoms with van der Waals surface area (Å²) in [5.41, 5.74) is 5.01. The van der Waals surface area contributed by atoms with Crippen LogP contribution >= 0.6 is 55.1 Å². The summed E-state index contributed by atoms with van der Waals surface area (Å²) in [6, 6.07) is 13.0. The third-order valence-corrected chi connectivity index (χ3v) is 7.10. The number of non-ortho nitro benzene ring substituents is 1. The van der Waals surface area contributed by atoms with E-state index in [4.69, 9.17) is 32.7 Å². The minimum atomic E-state index is -0.459. The molecule has 0 bridgehead atoms. The summed E-state index contributed by atoms with van der Waals surface area (Å²) in [7, 11) is 1.54. The molecule has 1 N–H and O–H groups in total. The molecule has 0 aliphatic rings. The van der Waals surface area contributed by atoms with E-state index in [0.717, 1.165) is 5.56 Å². The van der Waals surface area contributed by atoms with Gasteiger partial charge in [0.2, 0.25) is 0 Å². The molecule has 0 unspecified atom stereocenters. The highest BCUT2D eigenvalue weighted by Crippen LogP contribution is 2.42. The molecule has 0 aliphatic carbocycles. The summed E-state index contributed by atoms with van der Waals surface area (Å²) < 4.78 is 12.8. The quantitative estimate of drug-likeness (QED) is 0.164. The van der Waals surface area contributed by atoms with Gasteiger partial charge >= 0.3 is 0 Å². The van der Waals surface area contributed by atoms with Crippen LogP contribution in [0.1, 0.15) is 11.1 Å². The second-order valence-electron chi connectivity index (χ2n) is 6.34. The Bertz CT molecular complexity index is 1170. The van der Waals surface area contributed by atoms with E-state index in [2.05, 4.69) is 42.4 Å². The van der Waals surface area contributed by atoms with E-state index in [0.29, 0.717) is 41.7 Å². The first-order valence-electron chi connectivity index (χ1n) is 8.96. The van der Waals surface area contributed by atoms with Crippen LogP contribution < -0.4 is 14.9 Å². The molecule has 0 aromatic heterocycles. The highest BCUT2D eigenvalue weighted by atomic mass is 79.9. The van der Waals surface area contributed by atoms with Gasteiger partial charge in [0.05, 0.1) is 38.5 Å². The standard InChI is InChI=1S/C21H15Br2Cl2N3O4/c1-31-18-9-13(10-26-27-14-3-5-15(6-4-14)28(29)30)19(22)20(23)21(18)32-11-12-2-7-16(24)17(25)8-12/h2-10,27H,11H2,1H3/b26-10-. The number of anilines is 1. The van der Waals surface area contributed by atoms with E-state index in [-0.39, 0.29) is 12.3 Å². The first-order chi connectivity index (χ1) is 15.3. The molecule has 32 heavy (non-hydrogen) atoms. The second kappa shape index (κ2) is 11.0. The van der Waals surface area contributed by atoms with Gasteiger partial charge in [0.15, 0.2) is 11.5 Å². The Hall–Kier alpha value is -2.33. The Labute approximate surface area is 210 Å². The lowest BCUT2D eigenvalue weighted by atomic mass is 10.2. The van der Waals surface area contributed by atoms with Gasteiger partial charge in [0.1, 0.15) is 6.61 Å². The number of nitro groups is 1. The smallest absolute Gasteiger partial charge is 0.269 e. The average molecular weight is 604 g/mol. The van der Waals surface area contributed by atoms with Gasteiger partial charge in [0.25, 0.3) is 5.69 Å². The molecule has 11 heteroatoms. The number of halogens is 4. The number of nitrogens with one attached hydrogen (secondary N) is 1. The largest absolute Gasteiger partial charge is 0.493 e. The zero-order valence-corrected chi connectivity index (χ0v) is 21.1. The lowest BCUT2D eigenvalue weighted by Crippen LogP contribution is -2.01. The van der Waals surface area contributed by atoms with Gasteiger partial charge in [-0.05, 0) is 67.8 Å². The minimum Gasteiger partial charge on any atom is -0.493 e. The molecule has 0 heterocycles. The Morgan fingerprint density at radius 2 is 1.81 bits per heavy atom. The summed E-state index contributed by atoms with van der Waals surface area (Å²) in [6.45, 7) is 0.257. The van der Waals surface area contributed by atoms with Crippen molar-refractivity contribution in [3.8, 4) is 11.5 Å². The molecule has 0 aliphatic heterocycles. The van der Waals surface area contributed by atoms with Crippen LogP contribution in [0.4, 0.5) is 11.4 Å². The molecule has 0 spiro atoms. The fraction of sp³-hybridized carbons (Fsp3) is 0.0952. The van der Waals surface area contributed by atoms with Crippen LogP contribution in [0.15, 0.2) is 62.6 Å².